The van der Waals surface area contributed by atoms with Crippen molar-refractivity contribution in [1.29, 1.82) is 0 Å². The number of para-hydroxylation sites is 2. The van der Waals surface area contributed by atoms with Gasteiger partial charge in [-0.1, -0.05) is 12.1 Å². The summed E-state index contributed by atoms with van der Waals surface area (Å²) < 4.78 is 13.5. The zero-order valence-electron chi connectivity index (χ0n) is 16.2. The van der Waals surface area contributed by atoms with Gasteiger partial charge in [-0.25, -0.2) is 4.39 Å². The summed E-state index contributed by atoms with van der Waals surface area (Å²) in [6.07, 6.45) is 1.83. The molecular formula is C22H21FN4O2. The number of rotatable bonds is 3. The van der Waals surface area contributed by atoms with Gasteiger partial charge in [-0.15, -0.1) is 0 Å². The average molecular weight is 392 g/mol. The van der Waals surface area contributed by atoms with Crippen molar-refractivity contribution >= 4 is 39.8 Å². The van der Waals surface area contributed by atoms with Crippen molar-refractivity contribution in [1.82, 2.24) is 4.98 Å². The summed E-state index contributed by atoms with van der Waals surface area (Å²) >= 11 is 0. The molecule has 3 aromatic rings. The number of likely N-dealkylation sites (N-methyl/N-ethyl adjacent to an activating group) is 1. The summed E-state index contributed by atoms with van der Waals surface area (Å²) in [5.74, 6) is -0.597. The molecule has 0 radical (unpaired) electrons. The van der Waals surface area contributed by atoms with Crippen molar-refractivity contribution in [2.45, 2.75) is 19.4 Å². The number of fused-ring (bicyclic) bond motifs is 2. The summed E-state index contributed by atoms with van der Waals surface area (Å²) in [6.45, 7) is 1.97. The Morgan fingerprint density at radius 2 is 2.07 bits per heavy atom. The van der Waals surface area contributed by atoms with E-state index in [0.717, 1.165) is 11.1 Å². The second kappa shape index (κ2) is 7.50. The van der Waals surface area contributed by atoms with Gasteiger partial charge < -0.3 is 15.1 Å². The molecule has 1 atom stereocenters. The molecule has 1 unspecified atom stereocenters. The fourth-order valence-corrected chi connectivity index (χ4v) is 3.77. The molecule has 0 fully saturated rings. The first-order valence-corrected chi connectivity index (χ1v) is 9.40. The number of benzene rings is 2. The summed E-state index contributed by atoms with van der Waals surface area (Å²) in [6, 6.07) is 13.2. The Bertz CT molecular complexity index is 1100. The standard InChI is InChI=1S/C22H21FN4O2/c1-14-11-21(28)25-17-5-3-4-6-20(17)27(14)22(29)13-26(2)19-9-10-24-18-12-15(23)7-8-16(18)19/h3-10,12,14H,11,13H2,1-2H3,(H,25,28). The number of anilines is 3. The quantitative estimate of drug-likeness (QED) is 0.740. The first-order valence-electron chi connectivity index (χ1n) is 9.40. The fraction of sp³-hybridized carbons (Fsp3) is 0.227. The molecule has 2 aromatic carbocycles. The second-order valence-corrected chi connectivity index (χ2v) is 7.23. The van der Waals surface area contributed by atoms with E-state index >= 15 is 0 Å². The van der Waals surface area contributed by atoms with Crippen molar-refractivity contribution in [2.75, 3.05) is 28.7 Å². The molecule has 1 aliphatic rings. The van der Waals surface area contributed by atoms with Crippen molar-refractivity contribution in [2.24, 2.45) is 0 Å². The first-order chi connectivity index (χ1) is 13.9. The van der Waals surface area contributed by atoms with Crippen LogP contribution in [0.1, 0.15) is 13.3 Å². The molecule has 1 N–H and O–H groups in total. The fourth-order valence-electron chi connectivity index (χ4n) is 3.77. The van der Waals surface area contributed by atoms with Crippen LogP contribution in [-0.2, 0) is 9.59 Å². The van der Waals surface area contributed by atoms with Crippen molar-refractivity contribution in [3.8, 4) is 0 Å². The van der Waals surface area contributed by atoms with Crippen molar-refractivity contribution in [3.05, 3.63) is 60.5 Å². The van der Waals surface area contributed by atoms with Gasteiger partial charge in [0.15, 0.2) is 0 Å². The third kappa shape index (κ3) is 3.63. The van der Waals surface area contributed by atoms with Crippen LogP contribution in [0.5, 0.6) is 0 Å². The molecule has 2 amide bonds. The molecular weight excluding hydrogens is 371 g/mol. The third-order valence-electron chi connectivity index (χ3n) is 5.09. The summed E-state index contributed by atoms with van der Waals surface area (Å²) in [5, 5.41) is 3.63. The minimum atomic E-state index is -0.354. The van der Waals surface area contributed by atoms with Crippen LogP contribution >= 0.6 is 0 Å². The molecule has 0 saturated heterocycles. The van der Waals surface area contributed by atoms with E-state index in [1.807, 2.05) is 37.1 Å². The number of nitrogens with one attached hydrogen (secondary N) is 1. The van der Waals surface area contributed by atoms with Gasteiger partial charge in [-0.05, 0) is 37.3 Å². The van der Waals surface area contributed by atoms with Crippen LogP contribution in [0.15, 0.2) is 54.7 Å². The number of halogens is 1. The number of hydrogen-bond acceptors (Lipinski definition) is 4. The van der Waals surface area contributed by atoms with Crippen LogP contribution < -0.4 is 15.1 Å². The number of carbonyl (C=O) groups excluding carboxylic acids is 2. The van der Waals surface area contributed by atoms with Crippen LogP contribution in [-0.4, -0.2) is 36.4 Å². The maximum absolute atomic E-state index is 13.5. The van der Waals surface area contributed by atoms with Gasteiger partial charge in [-0.2, -0.15) is 0 Å². The predicted octanol–water partition coefficient (Wildman–Crippen LogP) is 3.57. The molecule has 29 heavy (non-hydrogen) atoms. The Hall–Kier alpha value is -3.48. The van der Waals surface area contributed by atoms with Gasteiger partial charge in [0.1, 0.15) is 5.82 Å². The molecule has 2 heterocycles. The number of pyridine rings is 1. The van der Waals surface area contributed by atoms with Gasteiger partial charge in [0.05, 0.1) is 23.4 Å². The Kier molecular flexibility index (Phi) is 4.88. The lowest BCUT2D eigenvalue weighted by Crippen LogP contribution is -2.44. The largest absolute Gasteiger partial charge is 0.365 e. The maximum atomic E-state index is 13.5. The molecule has 4 rings (SSSR count). The van der Waals surface area contributed by atoms with Crippen LogP contribution in [0.4, 0.5) is 21.5 Å². The molecule has 0 bridgehead atoms. The maximum Gasteiger partial charge on any atom is 0.246 e. The van der Waals surface area contributed by atoms with Crippen LogP contribution in [0, 0.1) is 5.82 Å². The molecule has 148 valence electrons. The lowest BCUT2D eigenvalue weighted by Gasteiger charge is -2.30. The minimum absolute atomic E-state index is 0.101. The SMILES string of the molecule is CC1CC(=O)Nc2ccccc2N1C(=O)CN(C)c1ccnc2cc(F)ccc12. The third-order valence-corrected chi connectivity index (χ3v) is 5.09. The Morgan fingerprint density at radius 3 is 2.90 bits per heavy atom. The molecule has 0 spiro atoms. The van der Waals surface area contributed by atoms with E-state index < -0.39 is 0 Å². The van der Waals surface area contributed by atoms with E-state index in [9.17, 15) is 14.0 Å². The Morgan fingerprint density at radius 1 is 1.28 bits per heavy atom. The minimum Gasteiger partial charge on any atom is -0.365 e. The summed E-state index contributed by atoms with van der Waals surface area (Å²) in [7, 11) is 1.81. The van der Waals surface area contributed by atoms with Gasteiger partial charge in [0.2, 0.25) is 11.8 Å². The smallest absolute Gasteiger partial charge is 0.246 e. The topological polar surface area (TPSA) is 65.5 Å². The highest BCUT2D eigenvalue weighted by Gasteiger charge is 2.30. The molecule has 7 heteroatoms. The Labute approximate surface area is 167 Å². The number of amides is 2. The summed E-state index contributed by atoms with van der Waals surface area (Å²) in [5.41, 5.74) is 2.63. The second-order valence-electron chi connectivity index (χ2n) is 7.23. The monoisotopic (exact) mass is 392 g/mol. The molecule has 1 aromatic heterocycles. The van der Waals surface area contributed by atoms with Crippen LogP contribution in [0.25, 0.3) is 10.9 Å². The van der Waals surface area contributed by atoms with Gasteiger partial charge in [0, 0.05) is 42.8 Å². The van der Waals surface area contributed by atoms with Gasteiger partial charge >= 0.3 is 0 Å². The average Bonchev–Trinajstić information content (AvgIpc) is 2.81. The number of hydrogen-bond donors (Lipinski definition) is 1. The van der Waals surface area contributed by atoms with Crippen LogP contribution in [0.2, 0.25) is 0 Å². The zero-order valence-corrected chi connectivity index (χ0v) is 16.2. The summed E-state index contributed by atoms with van der Waals surface area (Å²) in [4.78, 5) is 33.1. The molecule has 0 saturated carbocycles. The number of nitrogens with zero attached hydrogens (tertiary/aromatic N) is 3. The normalized spacial score (nSPS) is 16.2. The van der Waals surface area contributed by atoms with Crippen LogP contribution in [0.3, 0.4) is 0 Å². The Balaban J connectivity index is 1.65. The lowest BCUT2D eigenvalue weighted by atomic mass is 10.1. The number of aromatic nitrogens is 1. The zero-order chi connectivity index (χ0) is 20.5. The van der Waals surface area contributed by atoms with E-state index in [4.69, 9.17) is 0 Å². The molecule has 1 aliphatic heterocycles. The van der Waals surface area contributed by atoms with E-state index in [0.29, 0.717) is 16.9 Å². The van der Waals surface area contributed by atoms with E-state index in [2.05, 4.69) is 10.3 Å². The predicted molar refractivity (Wildman–Crippen MR) is 112 cm³/mol. The highest BCUT2D eigenvalue weighted by atomic mass is 19.1. The van der Waals surface area contributed by atoms with Crippen molar-refractivity contribution in [3.63, 3.8) is 0 Å². The van der Waals surface area contributed by atoms with Crippen molar-refractivity contribution < 1.29 is 14.0 Å². The highest BCUT2D eigenvalue weighted by Crippen LogP contribution is 2.32. The molecule has 6 nitrogen and oxygen atoms in total. The highest BCUT2D eigenvalue weighted by molar-refractivity contribution is 6.06. The van der Waals surface area contributed by atoms with E-state index in [1.165, 1.54) is 12.1 Å². The van der Waals surface area contributed by atoms with Gasteiger partial charge in [0.25, 0.3) is 0 Å². The first kappa shape index (κ1) is 18.9. The van der Waals surface area contributed by atoms with Gasteiger partial charge in [-0.3, -0.25) is 14.6 Å². The molecule has 0 aliphatic carbocycles. The van der Waals surface area contributed by atoms with E-state index in [-0.39, 0.29) is 36.6 Å². The lowest BCUT2D eigenvalue weighted by molar-refractivity contribution is -0.118. The number of carbonyl (C=O) groups is 2. The van der Waals surface area contributed by atoms with E-state index in [1.54, 1.807) is 29.3 Å².